The van der Waals surface area contributed by atoms with Crippen LogP contribution in [-0.4, -0.2) is 22.2 Å². The third-order valence-corrected chi connectivity index (χ3v) is 3.02. The van der Waals surface area contributed by atoms with Crippen molar-refractivity contribution in [3.8, 4) is 0 Å². The molecule has 0 saturated heterocycles. The van der Waals surface area contributed by atoms with Gasteiger partial charge in [-0.15, -0.1) is 0 Å². The molecule has 102 valence electrons. The van der Waals surface area contributed by atoms with Crippen molar-refractivity contribution in [3.63, 3.8) is 0 Å². The van der Waals surface area contributed by atoms with Gasteiger partial charge in [-0.2, -0.15) is 0 Å². The molecule has 0 aliphatic carbocycles. The molecule has 2 aromatic rings. The molecule has 0 aliphatic rings. The third kappa shape index (κ3) is 3.71. The number of hydrogen-bond donors (Lipinski definition) is 0. The van der Waals surface area contributed by atoms with E-state index in [1.54, 1.807) is 30.3 Å². The van der Waals surface area contributed by atoms with Crippen molar-refractivity contribution in [1.82, 2.24) is 4.98 Å². The largest absolute Gasteiger partial charge is 0.292 e. The van der Waals surface area contributed by atoms with Crippen LogP contribution >= 0.6 is 0 Å². The number of nitro groups is 1. The zero-order valence-corrected chi connectivity index (χ0v) is 10.8. The summed E-state index contributed by atoms with van der Waals surface area (Å²) in [5, 5.41) is 10.8. The Morgan fingerprint density at radius 3 is 2.45 bits per heavy atom. The van der Waals surface area contributed by atoms with E-state index in [1.807, 2.05) is 18.2 Å². The van der Waals surface area contributed by atoms with Crippen molar-refractivity contribution in [3.05, 3.63) is 76.1 Å². The normalized spacial score (nSPS) is 11.8. The Kier molecular flexibility index (Phi) is 4.55. The fourth-order valence-electron chi connectivity index (χ4n) is 2.05. The lowest BCUT2D eigenvalue weighted by atomic mass is 9.93. The Morgan fingerprint density at radius 1 is 1.15 bits per heavy atom. The fraction of sp³-hybridized carbons (Fsp3) is 0.200. The number of nitrogens with zero attached hydrogens (tertiary/aromatic N) is 2. The summed E-state index contributed by atoms with van der Waals surface area (Å²) in [7, 11) is 0. The summed E-state index contributed by atoms with van der Waals surface area (Å²) in [6, 6.07) is 14.2. The molecule has 5 nitrogen and oxygen atoms in total. The van der Waals surface area contributed by atoms with Crippen molar-refractivity contribution in [2.24, 2.45) is 0 Å². The molecule has 0 bridgehead atoms. The molecule has 0 fully saturated rings. The highest BCUT2D eigenvalue weighted by atomic mass is 16.6. The maximum Gasteiger partial charge on any atom is 0.211 e. The first-order valence-electron chi connectivity index (χ1n) is 6.28. The van der Waals surface area contributed by atoms with E-state index in [0.29, 0.717) is 5.69 Å². The van der Waals surface area contributed by atoms with Crippen LogP contribution < -0.4 is 0 Å². The molecule has 0 radical (unpaired) electrons. The molecular formula is C15H14N2O3. The summed E-state index contributed by atoms with van der Waals surface area (Å²) in [5.74, 6) is -0.609. The van der Waals surface area contributed by atoms with Crippen molar-refractivity contribution < 1.29 is 9.72 Å². The van der Waals surface area contributed by atoms with Crippen LogP contribution in [0.25, 0.3) is 0 Å². The van der Waals surface area contributed by atoms with Gasteiger partial charge in [-0.1, -0.05) is 36.4 Å². The maximum atomic E-state index is 12.1. The van der Waals surface area contributed by atoms with E-state index in [2.05, 4.69) is 4.98 Å². The van der Waals surface area contributed by atoms with Crippen molar-refractivity contribution in [2.45, 2.75) is 12.3 Å². The van der Waals surface area contributed by atoms with Crippen LogP contribution in [0.15, 0.2) is 54.7 Å². The van der Waals surface area contributed by atoms with Crippen LogP contribution in [-0.2, 0) is 0 Å². The molecule has 0 amide bonds. The third-order valence-electron chi connectivity index (χ3n) is 3.02. The smallest absolute Gasteiger partial charge is 0.211 e. The Hall–Kier alpha value is -2.56. The quantitative estimate of drug-likeness (QED) is 0.459. The molecule has 1 heterocycles. The number of rotatable bonds is 6. The first kappa shape index (κ1) is 13.9. The fourth-order valence-corrected chi connectivity index (χ4v) is 2.05. The molecule has 0 saturated carbocycles. The number of ketones is 1. The van der Waals surface area contributed by atoms with Crippen LogP contribution in [0.1, 0.15) is 28.4 Å². The molecule has 1 aromatic carbocycles. The van der Waals surface area contributed by atoms with Gasteiger partial charge < -0.3 is 0 Å². The summed E-state index contributed by atoms with van der Waals surface area (Å²) >= 11 is 0. The average Bonchev–Trinajstić information content (AvgIpc) is 2.48. The molecule has 1 atom stereocenters. The highest BCUT2D eigenvalue weighted by Gasteiger charge is 2.22. The lowest BCUT2D eigenvalue weighted by molar-refractivity contribution is -0.483. The van der Waals surface area contributed by atoms with Gasteiger partial charge in [0.25, 0.3) is 0 Å². The first-order valence-corrected chi connectivity index (χ1v) is 6.28. The van der Waals surface area contributed by atoms with Crippen LogP contribution in [0.2, 0.25) is 0 Å². The van der Waals surface area contributed by atoms with Gasteiger partial charge in [-0.05, 0) is 17.7 Å². The zero-order valence-electron chi connectivity index (χ0n) is 10.8. The molecule has 0 spiro atoms. The van der Waals surface area contributed by atoms with Crippen molar-refractivity contribution >= 4 is 5.78 Å². The summed E-state index contributed by atoms with van der Waals surface area (Å²) in [5.41, 5.74) is 1.14. The maximum absolute atomic E-state index is 12.1. The van der Waals surface area contributed by atoms with Gasteiger partial charge in [0.05, 0.1) is 5.92 Å². The molecule has 1 aromatic heterocycles. The first-order chi connectivity index (χ1) is 9.66. The highest BCUT2D eigenvalue weighted by Crippen LogP contribution is 2.21. The lowest BCUT2D eigenvalue weighted by Crippen LogP contribution is -2.17. The summed E-state index contributed by atoms with van der Waals surface area (Å²) in [6.07, 6.45) is 1.63. The number of Topliss-reactive ketones (excluding diaryl/α,β-unsaturated/α-hetero) is 1. The Morgan fingerprint density at radius 2 is 1.85 bits per heavy atom. The Labute approximate surface area is 116 Å². The minimum atomic E-state index is -0.430. The van der Waals surface area contributed by atoms with Crippen molar-refractivity contribution in [1.29, 1.82) is 0 Å². The second kappa shape index (κ2) is 6.56. The van der Waals surface area contributed by atoms with Crippen molar-refractivity contribution in [2.75, 3.05) is 6.54 Å². The molecular weight excluding hydrogens is 256 g/mol. The van der Waals surface area contributed by atoms with Gasteiger partial charge in [-0.25, -0.2) is 0 Å². The second-order valence-electron chi connectivity index (χ2n) is 4.47. The van der Waals surface area contributed by atoms with Gasteiger partial charge in [0.15, 0.2) is 5.78 Å². The van der Waals surface area contributed by atoms with Gasteiger partial charge in [-0.3, -0.25) is 19.9 Å². The van der Waals surface area contributed by atoms with E-state index < -0.39 is 5.92 Å². The average molecular weight is 270 g/mol. The van der Waals surface area contributed by atoms with Gasteiger partial charge in [0, 0.05) is 17.5 Å². The standard InChI is InChI=1S/C15H14N2O3/c18-15(14-8-4-5-9-16-14)10-13(11-17(19)20)12-6-2-1-3-7-12/h1-9,13H,10-11H2. The highest BCUT2D eigenvalue weighted by molar-refractivity contribution is 5.94. The minimum absolute atomic E-state index is 0.0853. The number of hydrogen-bond acceptors (Lipinski definition) is 4. The van der Waals surface area contributed by atoms with E-state index >= 15 is 0 Å². The van der Waals surface area contributed by atoms with Gasteiger partial charge in [0.1, 0.15) is 5.69 Å². The summed E-state index contributed by atoms with van der Waals surface area (Å²) in [4.78, 5) is 26.5. The molecule has 1 unspecified atom stereocenters. The molecule has 20 heavy (non-hydrogen) atoms. The molecule has 0 aliphatic heterocycles. The number of pyridine rings is 1. The van der Waals surface area contributed by atoms with Gasteiger partial charge >= 0.3 is 0 Å². The van der Waals surface area contributed by atoms with Crippen LogP contribution in [0, 0.1) is 10.1 Å². The topological polar surface area (TPSA) is 73.1 Å². The molecule has 0 N–H and O–H groups in total. The Bertz CT molecular complexity index is 585. The predicted molar refractivity (Wildman–Crippen MR) is 74.2 cm³/mol. The van der Waals surface area contributed by atoms with Crippen LogP contribution in [0.4, 0.5) is 0 Å². The number of benzene rings is 1. The van der Waals surface area contributed by atoms with Crippen LogP contribution in [0.3, 0.4) is 0 Å². The summed E-state index contributed by atoms with van der Waals surface area (Å²) in [6.45, 7) is -0.261. The van der Waals surface area contributed by atoms with E-state index in [4.69, 9.17) is 0 Å². The Balaban J connectivity index is 2.16. The zero-order chi connectivity index (χ0) is 14.4. The van der Waals surface area contributed by atoms with Crippen LogP contribution in [0.5, 0.6) is 0 Å². The monoisotopic (exact) mass is 270 g/mol. The van der Waals surface area contributed by atoms with E-state index in [9.17, 15) is 14.9 Å². The second-order valence-corrected chi connectivity index (χ2v) is 4.47. The summed E-state index contributed by atoms with van der Waals surface area (Å²) < 4.78 is 0. The minimum Gasteiger partial charge on any atom is -0.292 e. The number of carbonyl (C=O) groups excluding carboxylic acids is 1. The number of aromatic nitrogens is 1. The number of carbonyl (C=O) groups is 1. The molecule has 2 rings (SSSR count). The van der Waals surface area contributed by atoms with E-state index in [-0.39, 0.29) is 23.7 Å². The SMILES string of the molecule is O=C(CC(C[N+](=O)[O-])c1ccccc1)c1ccccn1. The van der Waals surface area contributed by atoms with E-state index in [0.717, 1.165) is 5.56 Å². The lowest BCUT2D eigenvalue weighted by Gasteiger charge is -2.12. The van der Waals surface area contributed by atoms with E-state index in [1.165, 1.54) is 6.20 Å². The predicted octanol–water partition coefficient (Wildman–Crippen LogP) is 2.71. The molecule has 5 heteroatoms. The van der Waals surface area contributed by atoms with Gasteiger partial charge in [0.2, 0.25) is 6.54 Å².